The van der Waals surface area contributed by atoms with Crippen molar-refractivity contribution in [2.45, 2.75) is 19.1 Å². The lowest BCUT2D eigenvalue weighted by Crippen LogP contribution is -2.47. The highest BCUT2D eigenvalue weighted by Crippen LogP contribution is 2.39. The molecule has 1 unspecified atom stereocenters. The maximum atomic E-state index is 13.4. The summed E-state index contributed by atoms with van der Waals surface area (Å²) < 4.78 is 40.1. The quantitative estimate of drug-likeness (QED) is 0.826. The Hall–Kier alpha value is -2.09. The third-order valence-corrected chi connectivity index (χ3v) is 4.36. The highest BCUT2D eigenvalue weighted by atomic mass is 32.1. The van der Waals surface area contributed by atoms with Gasteiger partial charge in [-0.25, -0.2) is 0 Å². The van der Waals surface area contributed by atoms with E-state index in [1.165, 1.54) is 23.1 Å². The molecule has 1 aromatic carbocycles. The van der Waals surface area contributed by atoms with Gasteiger partial charge in [0, 0.05) is 26.8 Å². The molecule has 0 fully saturated rings. The number of carbonyl (C=O) groups excluding carboxylic acids is 1. The van der Waals surface area contributed by atoms with Gasteiger partial charge in [-0.1, -0.05) is 18.2 Å². The van der Waals surface area contributed by atoms with E-state index in [9.17, 15) is 18.0 Å². The molecule has 0 bridgehead atoms. The van der Waals surface area contributed by atoms with E-state index >= 15 is 0 Å². The van der Waals surface area contributed by atoms with Crippen molar-refractivity contribution < 1.29 is 18.0 Å². The smallest absolute Gasteiger partial charge is 0.351 e. The van der Waals surface area contributed by atoms with Crippen LogP contribution in [0.25, 0.3) is 0 Å². The standard InChI is InChI=1S/C16H18F3N3OS/c1-9-12(14(23)21(2)3)13(20-15(24)22(9)4)10-7-5-6-8-11(10)16(17,18)19/h5-8,13H,1-4H3,(H,20,24). The zero-order valence-corrected chi connectivity index (χ0v) is 14.5. The predicted molar refractivity (Wildman–Crippen MR) is 89.1 cm³/mol. The van der Waals surface area contributed by atoms with Crippen molar-refractivity contribution in [3.63, 3.8) is 0 Å². The van der Waals surface area contributed by atoms with E-state index in [1.54, 1.807) is 33.0 Å². The molecule has 1 amide bonds. The molecule has 1 aliphatic heterocycles. The molecule has 4 nitrogen and oxygen atoms in total. The van der Waals surface area contributed by atoms with Crippen molar-refractivity contribution in [2.75, 3.05) is 21.1 Å². The van der Waals surface area contributed by atoms with Crippen molar-refractivity contribution in [2.24, 2.45) is 0 Å². The molecule has 1 aliphatic rings. The molecule has 0 spiro atoms. The van der Waals surface area contributed by atoms with Crippen LogP contribution in [0.15, 0.2) is 35.5 Å². The molecule has 0 aliphatic carbocycles. The first-order valence-corrected chi connectivity index (χ1v) is 7.59. The van der Waals surface area contributed by atoms with Gasteiger partial charge in [-0.05, 0) is 30.8 Å². The van der Waals surface area contributed by atoms with Crippen molar-refractivity contribution in [3.05, 3.63) is 46.7 Å². The molecule has 24 heavy (non-hydrogen) atoms. The lowest BCUT2D eigenvalue weighted by atomic mass is 9.90. The lowest BCUT2D eigenvalue weighted by Gasteiger charge is -2.37. The summed E-state index contributed by atoms with van der Waals surface area (Å²) in [5.74, 6) is -0.365. The topological polar surface area (TPSA) is 35.6 Å². The number of hydrogen-bond acceptors (Lipinski definition) is 2. The maximum Gasteiger partial charge on any atom is 0.416 e. The van der Waals surface area contributed by atoms with Crippen molar-refractivity contribution in [1.29, 1.82) is 0 Å². The molecule has 1 N–H and O–H groups in total. The Morgan fingerprint density at radius 1 is 1.29 bits per heavy atom. The number of benzene rings is 1. The van der Waals surface area contributed by atoms with E-state index in [-0.39, 0.29) is 22.2 Å². The van der Waals surface area contributed by atoms with Crippen LogP contribution in [0.1, 0.15) is 24.1 Å². The number of thiocarbonyl (C=S) groups is 1. The van der Waals surface area contributed by atoms with E-state index in [0.717, 1.165) is 6.07 Å². The number of likely N-dealkylation sites (N-methyl/N-ethyl adjacent to an activating group) is 1. The van der Waals surface area contributed by atoms with Gasteiger partial charge in [0.15, 0.2) is 5.11 Å². The van der Waals surface area contributed by atoms with Gasteiger partial charge < -0.3 is 15.1 Å². The Labute approximate surface area is 143 Å². The normalized spacial score (nSPS) is 18.5. The van der Waals surface area contributed by atoms with Crippen molar-refractivity contribution in [3.8, 4) is 0 Å². The van der Waals surface area contributed by atoms with Gasteiger partial charge in [0.1, 0.15) is 0 Å². The summed E-state index contributed by atoms with van der Waals surface area (Å²) in [6.07, 6.45) is -4.52. The van der Waals surface area contributed by atoms with Crippen LogP contribution in [0.2, 0.25) is 0 Å². The van der Waals surface area contributed by atoms with Gasteiger partial charge in [-0.2, -0.15) is 13.2 Å². The van der Waals surface area contributed by atoms with Crippen LogP contribution >= 0.6 is 12.2 Å². The molecular formula is C16H18F3N3OS. The summed E-state index contributed by atoms with van der Waals surface area (Å²) in [7, 11) is 4.78. The van der Waals surface area contributed by atoms with Crippen molar-refractivity contribution in [1.82, 2.24) is 15.1 Å². The Morgan fingerprint density at radius 3 is 2.42 bits per heavy atom. The second kappa shape index (κ2) is 6.43. The summed E-state index contributed by atoms with van der Waals surface area (Å²) in [6, 6.07) is 4.25. The van der Waals surface area contributed by atoms with Crippen LogP contribution in [0.5, 0.6) is 0 Å². The van der Waals surface area contributed by atoms with Gasteiger partial charge in [0.2, 0.25) is 0 Å². The summed E-state index contributed by atoms with van der Waals surface area (Å²) in [4.78, 5) is 15.5. The SMILES string of the molecule is CC1=C(C(=O)N(C)C)C(c2ccccc2C(F)(F)F)NC(=S)N1C. The zero-order chi connectivity index (χ0) is 18.2. The molecule has 0 saturated heterocycles. The minimum Gasteiger partial charge on any atom is -0.351 e. The highest BCUT2D eigenvalue weighted by molar-refractivity contribution is 7.80. The zero-order valence-electron chi connectivity index (χ0n) is 13.7. The first-order valence-electron chi connectivity index (χ1n) is 7.18. The average Bonchev–Trinajstić information content (AvgIpc) is 2.50. The van der Waals surface area contributed by atoms with Crippen LogP contribution in [-0.4, -0.2) is 42.0 Å². The molecule has 0 aromatic heterocycles. The Bertz CT molecular complexity index is 713. The summed E-state index contributed by atoms with van der Waals surface area (Å²) in [5, 5.41) is 3.13. The van der Waals surface area contributed by atoms with Gasteiger partial charge in [0.05, 0.1) is 17.2 Å². The average molecular weight is 357 g/mol. The number of halogens is 3. The summed E-state index contributed by atoms with van der Waals surface area (Å²) in [5.41, 5.74) is -0.0380. The van der Waals surface area contributed by atoms with Crippen molar-refractivity contribution >= 4 is 23.2 Å². The van der Waals surface area contributed by atoms with Gasteiger partial charge in [-0.15, -0.1) is 0 Å². The number of alkyl halides is 3. The first-order chi connectivity index (χ1) is 11.1. The number of allylic oxidation sites excluding steroid dienone is 1. The van der Waals surface area contributed by atoms with Gasteiger partial charge in [-0.3, -0.25) is 4.79 Å². The second-order valence-electron chi connectivity index (χ2n) is 5.73. The summed E-state index contributed by atoms with van der Waals surface area (Å²) in [6.45, 7) is 1.67. The van der Waals surface area contributed by atoms with E-state index in [2.05, 4.69) is 5.32 Å². The number of nitrogens with zero attached hydrogens (tertiary/aromatic N) is 2. The van der Waals surface area contributed by atoms with Crippen LogP contribution < -0.4 is 5.32 Å². The third-order valence-electron chi connectivity index (χ3n) is 3.97. The number of hydrogen-bond donors (Lipinski definition) is 1. The molecule has 130 valence electrons. The largest absolute Gasteiger partial charge is 0.416 e. The van der Waals surface area contributed by atoms with Gasteiger partial charge in [0.25, 0.3) is 5.91 Å². The second-order valence-corrected chi connectivity index (χ2v) is 6.11. The van der Waals surface area contributed by atoms with Crippen LogP contribution in [0.4, 0.5) is 13.2 Å². The molecule has 8 heteroatoms. The predicted octanol–water partition coefficient (Wildman–Crippen LogP) is 2.93. The van der Waals surface area contributed by atoms with E-state index in [0.29, 0.717) is 5.70 Å². The van der Waals surface area contributed by atoms with Crippen LogP contribution in [0.3, 0.4) is 0 Å². The molecule has 0 radical (unpaired) electrons. The molecule has 1 heterocycles. The molecule has 0 saturated carbocycles. The van der Waals surface area contributed by atoms with Crippen LogP contribution in [0, 0.1) is 0 Å². The van der Waals surface area contributed by atoms with Gasteiger partial charge >= 0.3 is 6.18 Å². The van der Waals surface area contributed by atoms with E-state index in [1.807, 2.05) is 0 Å². The van der Waals surface area contributed by atoms with E-state index in [4.69, 9.17) is 12.2 Å². The molecule has 1 atom stereocenters. The Balaban J connectivity index is 2.68. The minimum atomic E-state index is -4.52. The number of amides is 1. The Kier molecular flexibility index (Phi) is 4.89. The Morgan fingerprint density at radius 2 is 1.88 bits per heavy atom. The molecule has 1 aromatic rings. The monoisotopic (exact) mass is 357 g/mol. The lowest BCUT2D eigenvalue weighted by molar-refractivity contribution is -0.138. The fraction of sp³-hybridized carbons (Fsp3) is 0.375. The fourth-order valence-electron chi connectivity index (χ4n) is 2.59. The third kappa shape index (κ3) is 3.24. The molecule has 2 rings (SSSR count). The fourth-order valence-corrected chi connectivity index (χ4v) is 2.85. The summed E-state index contributed by atoms with van der Waals surface area (Å²) >= 11 is 5.20. The number of carbonyl (C=O) groups is 1. The van der Waals surface area contributed by atoms with E-state index < -0.39 is 17.8 Å². The van der Waals surface area contributed by atoms with Crippen LogP contribution in [-0.2, 0) is 11.0 Å². The molecular weight excluding hydrogens is 339 g/mol. The number of rotatable bonds is 2. The number of nitrogens with one attached hydrogen (secondary N) is 1. The highest BCUT2D eigenvalue weighted by Gasteiger charge is 2.40. The first kappa shape index (κ1) is 18.3. The maximum absolute atomic E-state index is 13.4. The minimum absolute atomic E-state index is 0.0231.